The Morgan fingerprint density at radius 1 is 1.24 bits per heavy atom. The third-order valence-corrected chi connectivity index (χ3v) is 7.18. The van der Waals surface area contributed by atoms with E-state index in [2.05, 4.69) is 46.5 Å². The summed E-state index contributed by atoms with van der Waals surface area (Å²) in [4.78, 5) is 34.6. The third kappa shape index (κ3) is 3.86. The number of aromatic nitrogens is 2. The number of aromatic amines is 1. The van der Waals surface area contributed by atoms with E-state index in [-0.39, 0.29) is 17.0 Å². The van der Waals surface area contributed by atoms with E-state index in [1.807, 2.05) is 13.8 Å². The van der Waals surface area contributed by atoms with E-state index in [0.29, 0.717) is 24.1 Å². The average Bonchev–Trinajstić information content (AvgIpc) is 3.26. The molecule has 1 amide bonds. The van der Waals surface area contributed by atoms with Gasteiger partial charge in [-0.1, -0.05) is 42.7 Å². The Kier molecular flexibility index (Phi) is 5.30. The topological polar surface area (TPSA) is 74.8 Å². The molecule has 0 saturated heterocycles. The number of amides is 1. The first kappa shape index (κ1) is 19.8. The maximum atomic E-state index is 12.8. The van der Waals surface area contributed by atoms with Gasteiger partial charge >= 0.3 is 0 Å². The van der Waals surface area contributed by atoms with Gasteiger partial charge in [-0.3, -0.25) is 9.59 Å². The molecule has 2 N–H and O–H groups in total. The SMILES string of the molecule is Cc1cccc(C2(NC(=O)CCc3nc4sc(C)c(C)c4c(=O)[nH]3)CCCC2)c1. The largest absolute Gasteiger partial charge is 0.347 e. The summed E-state index contributed by atoms with van der Waals surface area (Å²) in [5.74, 6) is 0.588. The van der Waals surface area contributed by atoms with Crippen molar-refractivity contribution < 1.29 is 4.79 Å². The van der Waals surface area contributed by atoms with Gasteiger partial charge in [0, 0.05) is 17.7 Å². The first-order valence-electron chi connectivity index (χ1n) is 10.2. The summed E-state index contributed by atoms with van der Waals surface area (Å²) in [7, 11) is 0. The molecule has 0 atom stereocenters. The molecule has 1 aliphatic carbocycles. The molecule has 1 saturated carbocycles. The lowest BCUT2D eigenvalue weighted by molar-refractivity contribution is -0.123. The Morgan fingerprint density at radius 2 is 2.00 bits per heavy atom. The molecule has 2 aromatic heterocycles. The normalized spacial score (nSPS) is 15.7. The van der Waals surface area contributed by atoms with Crippen molar-refractivity contribution in [3.63, 3.8) is 0 Å². The molecular formula is C23H27N3O2S. The Morgan fingerprint density at radius 3 is 2.72 bits per heavy atom. The number of hydrogen-bond acceptors (Lipinski definition) is 4. The minimum absolute atomic E-state index is 0.00897. The highest BCUT2D eigenvalue weighted by Gasteiger charge is 2.36. The molecule has 29 heavy (non-hydrogen) atoms. The summed E-state index contributed by atoms with van der Waals surface area (Å²) in [6.45, 7) is 6.03. The van der Waals surface area contributed by atoms with Crippen LogP contribution >= 0.6 is 11.3 Å². The number of benzene rings is 1. The molecule has 5 nitrogen and oxygen atoms in total. The highest BCUT2D eigenvalue weighted by Crippen LogP contribution is 2.39. The first-order valence-corrected chi connectivity index (χ1v) is 11.1. The lowest BCUT2D eigenvalue weighted by Gasteiger charge is -2.31. The molecule has 2 heterocycles. The minimum atomic E-state index is -0.268. The number of aryl methyl sites for hydroxylation is 4. The van der Waals surface area contributed by atoms with Crippen molar-refractivity contribution >= 4 is 27.5 Å². The Labute approximate surface area is 174 Å². The second-order valence-electron chi connectivity index (χ2n) is 8.18. The van der Waals surface area contributed by atoms with Gasteiger partial charge in [-0.25, -0.2) is 4.98 Å². The summed E-state index contributed by atoms with van der Waals surface area (Å²) < 4.78 is 0. The number of hydrogen-bond donors (Lipinski definition) is 2. The Balaban J connectivity index is 1.49. The molecule has 152 valence electrons. The van der Waals surface area contributed by atoms with Gasteiger partial charge in [-0.2, -0.15) is 0 Å². The zero-order valence-corrected chi connectivity index (χ0v) is 18.0. The van der Waals surface area contributed by atoms with Crippen LogP contribution in [0.15, 0.2) is 29.1 Å². The number of thiophene rings is 1. The monoisotopic (exact) mass is 409 g/mol. The summed E-state index contributed by atoms with van der Waals surface area (Å²) in [6.07, 6.45) is 4.92. The number of nitrogens with one attached hydrogen (secondary N) is 2. The van der Waals surface area contributed by atoms with Gasteiger partial charge in [0.1, 0.15) is 10.7 Å². The van der Waals surface area contributed by atoms with Gasteiger partial charge in [0.2, 0.25) is 5.91 Å². The molecule has 0 bridgehead atoms. The Hall–Kier alpha value is -2.47. The van der Waals surface area contributed by atoms with Crippen molar-refractivity contribution in [2.75, 3.05) is 0 Å². The van der Waals surface area contributed by atoms with E-state index in [9.17, 15) is 9.59 Å². The number of H-pyrrole nitrogens is 1. The molecule has 0 radical (unpaired) electrons. The predicted octanol–water partition coefficient (Wildman–Crippen LogP) is 4.43. The van der Waals surface area contributed by atoms with E-state index in [4.69, 9.17) is 0 Å². The maximum Gasteiger partial charge on any atom is 0.259 e. The smallest absolute Gasteiger partial charge is 0.259 e. The summed E-state index contributed by atoms with van der Waals surface area (Å²) in [5, 5.41) is 3.99. The number of nitrogens with zero attached hydrogens (tertiary/aromatic N) is 1. The second kappa shape index (κ2) is 7.75. The fraction of sp³-hybridized carbons (Fsp3) is 0.435. The molecule has 1 aliphatic rings. The molecular weight excluding hydrogens is 382 g/mol. The highest BCUT2D eigenvalue weighted by atomic mass is 32.1. The van der Waals surface area contributed by atoms with Crippen LogP contribution < -0.4 is 10.9 Å². The van der Waals surface area contributed by atoms with Gasteiger partial charge in [0.25, 0.3) is 5.56 Å². The van der Waals surface area contributed by atoms with Crippen molar-refractivity contribution in [2.24, 2.45) is 0 Å². The molecule has 1 aromatic carbocycles. The molecule has 0 spiro atoms. The molecule has 0 unspecified atom stereocenters. The fourth-order valence-electron chi connectivity index (χ4n) is 4.39. The molecule has 1 fully saturated rings. The zero-order chi connectivity index (χ0) is 20.6. The van der Waals surface area contributed by atoms with Gasteiger partial charge in [0.15, 0.2) is 0 Å². The van der Waals surface area contributed by atoms with Crippen LogP contribution in [-0.4, -0.2) is 15.9 Å². The third-order valence-electron chi connectivity index (χ3n) is 6.08. The predicted molar refractivity (Wildman–Crippen MR) is 118 cm³/mol. The quantitative estimate of drug-likeness (QED) is 0.655. The van der Waals surface area contributed by atoms with Crippen LogP contribution in [0.1, 0.15) is 59.5 Å². The highest BCUT2D eigenvalue weighted by molar-refractivity contribution is 7.18. The van der Waals surface area contributed by atoms with Gasteiger partial charge in [-0.15, -0.1) is 11.3 Å². The number of fused-ring (bicyclic) bond motifs is 1. The van der Waals surface area contributed by atoms with Crippen molar-refractivity contribution in [3.8, 4) is 0 Å². The van der Waals surface area contributed by atoms with Crippen LogP contribution in [-0.2, 0) is 16.8 Å². The lowest BCUT2D eigenvalue weighted by Crippen LogP contribution is -2.44. The number of carbonyl (C=O) groups excluding carboxylic acids is 1. The van der Waals surface area contributed by atoms with E-state index in [1.54, 1.807) is 0 Å². The molecule has 3 aromatic rings. The standard InChI is InChI=1S/C23H27N3O2S/c1-14-7-6-8-17(13-14)23(11-4-5-12-23)26-19(27)10-9-18-24-21(28)20-15(2)16(3)29-22(20)25-18/h6-8,13H,4-5,9-12H2,1-3H3,(H,26,27)(H,24,25,28). The van der Waals surface area contributed by atoms with Gasteiger partial charge < -0.3 is 10.3 Å². The van der Waals surface area contributed by atoms with Crippen molar-refractivity contribution in [1.82, 2.24) is 15.3 Å². The van der Waals surface area contributed by atoms with Crippen molar-refractivity contribution in [2.45, 2.75) is 64.8 Å². The van der Waals surface area contributed by atoms with E-state index < -0.39 is 0 Å². The van der Waals surface area contributed by atoms with Crippen LogP contribution in [0, 0.1) is 20.8 Å². The summed E-state index contributed by atoms with van der Waals surface area (Å²) in [6, 6.07) is 8.44. The van der Waals surface area contributed by atoms with Crippen molar-refractivity contribution in [1.29, 1.82) is 0 Å². The minimum Gasteiger partial charge on any atom is -0.347 e. The second-order valence-corrected chi connectivity index (χ2v) is 9.39. The Bertz CT molecular complexity index is 1120. The molecule has 6 heteroatoms. The van der Waals surface area contributed by atoms with Crippen LogP contribution in [0.5, 0.6) is 0 Å². The summed E-state index contributed by atoms with van der Waals surface area (Å²) >= 11 is 1.53. The lowest BCUT2D eigenvalue weighted by atomic mass is 9.87. The average molecular weight is 410 g/mol. The van der Waals surface area contributed by atoms with Gasteiger partial charge in [0.05, 0.1) is 10.9 Å². The van der Waals surface area contributed by atoms with Gasteiger partial charge in [-0.05, 0) is 44.7 Å². The van der Waals surface area contributed by atoms with E-state index in [0.717, 1.165) is 41.0 Å². The molecule has 4 rings (SSSR count). The van der Waals surface area contributed by atoms with Crippen LogP contribution in [0.2, 0.25) is 0 Å². The van der Waals surface area contributed by atoms with Crippen LogP contribution in [0.25, 0.3) is 10.2 Å². The van der Waals surface area contributed by atoms with Crippen LogP contribution in [0.3, 0.4) is 0 Å². The molecule has 0 aliphatic heterocycles. The number of carbonyl (C=O) groups is 1. The van der Waals surface area contributed by atoms with E-state index in [1.165, 1.54) is 22.5 Å². The zero-order valence-electron chi connectivity index (χ0n) is 17.2. The summed E-state index contributed by atoms with van der Waals surface area (Å²) in [5.41, 5.74) is 3.01. The first-order chi connectivity index (χ1) is 13.9. The fourth-order valence-corrected chi connectivity index (χ4v) is 5.43. The maximum absolute atomic E-state index is 12.8. The van der Waals surface area contributed by atoms with Crippen LogP contribution in [0.4, 0.5) is 0 Å². The van der Waals surface area contributed by atoms with Crippen molar-refractivity contribution in [3.05, 3.63) is 62.0 Å². The van der Waals surface area contributed by atoms with E-state index >= 15 is 0 Å². The number of rotatable bonds is 5.